The predicted octanol–water partition coefficient (Wildman–Crippen LogP) is 3.97. The van der Waals surface area contributed by atoms with Crippen molar-refractivity contribution in [1.29, 1.82) is 0 Å². The van der Waals surface area contributed by atoms with Crippen molar-refractivity contribution >= 4 is 15.9 Å². The maximum absolute atomic E-state index is 13.8. The molecule has 2 aromatic carbocycles. The summed E-state index contributed by atoms with van der Waals surface area (Å²) in [5.41, 5.74) is 2.60. The molecule has 88 valence electrons. The Bertz CT molecular complexity index is 525. The summed E-state index contributed by atoms with van der Waals surface area (Å²) in [6.07, 6.45) is 0. The Hall–Kier alpha value is -1.19. The third-order valence-electron chi connectivity index (χ3n) is 2.55. The molecular formula is C14H13BrFN. The van der Waals surface area contributed by atoms with Crippen molar-refractivity contribution in [3.8, 4) is 11.1 Å². The number of nitrogens with one attached hydrogen (secondary N) is 1. The molecule has 0 bridgehead atoms. The van der Waals surface area contributed by atoms with Gasteiger partial charge in [-0.25, -0.2) is 4.39 Å². The molecule has 0 spiro atoms. The van der Waals surface area contributed by atoms with Crippen LogP contribution in [-0.2, 0) is 6.54 Å². The molecule has 2 rings (SSSR count). The van der Waals surface area contributed by atoms with Gasteiger partial charge in [0, 0.05) is 16.6 Å². The molecule has 3 heteroatoms. The van der Waals surface area contributed by atoms with Gasteiger partial charge in [0.25, 0.3) is 0 Å². The van der Waals surface area contributed by atoms with E-state index in [2.05, 4.69) is 21.2 Å². The molecule has 0 heterocycles. The minimum Gasteiger partial charge on any atom is -0.316 e. The van der Waals surface area contributed by atoms with Crippen LogP contribution in [0.25, 0.3) is 11.1 Å². The molecule has 0 aromatic heterocycles. The van der Waals surface area contributed by atoms with Gasteiger partial charge in [-0.1, -0.05) is 34.1 Å². The summed E-state index contributed by atoms with van der Waals surface area (Å²) in [7, 11) is 1.88. The number of rotatable bonds is 3. The molecule has 0 saturated heterocycles. The summed E-state index contributed by atoms with van der Waals surface area (Å²) < 4.78 is 14.7. The quantitative estimate of drug-likeness (QED) is 0.903. The number of hydrogen-bond acceptors (Lipinski definition) is 1. The Kier molecular flexibility index (Phi) is 3.92. The van der Waals surface area contributed by atoms with Crippen LogP contribution in [-0.4, -0.2) is 7.05 Å². The fraction of sp³-hybridized carbons (Fsp3) is 0.143. The minimum absolute atomic E-state index is 0.192. The van der Waals surface area contributed by atoms with Crippen molar-refractivity contribution in [3.63, 3.8) is 0 Å². The first-order valence-electron chi connectivity index (χ1n) is 5.39. The second-order valence-corrected chi connectivity index (χ2v) is 4.77. The van der Waals surface area contributed by atoms with E-state index in [4.69, 9.17) is 0 Å². The van der Waals surface area contributed by atoms with E-state index in [0.717, 1.165) is 22.1 Å². The first kappa shape index (κ1) is 12.3. The van der Waals surface area contributed by atoms with Crippen molar-refractivity contribution < 1.29 is 4.39 Å². The molecule has 2 aromatic rings. The van der Waals surface area contributed by atoms with Crippen LogP contribution in [0.2, 0.25) is 0 Å². The van der Waals surface area contributed by atoms with Crippen LogP contribution in [0, 0.1) is 5.82 Å². The summed E-state index contributed by atoms with van der Waals surface area (Å²) in [6, 6.07) is 12.9. The molecule has 0 atom stereocenters. The summed E-state index contributed by atoms with van der Waals surface area (Å²) in [5, 5.41) is 3.06. The lowest BCUT2D eigenvalue weighted by Gasteiger charge is -2.07. The van der Waals surface area contributed by atoms with Crippen molar-refractivity contribution in [1.82, 2.24) is 5.32 Å². The zero-order chi connectivity index (χ0) is 12.3. The van der Waals surface area contributed by atoms with Crippen LogP contribution < -0.4 is 5.32 Å². The van der Waals surface area contributed by atoms with Gasteiger partial charge in [0.1, 0.15) is 5.82 Å². The van der Waals surface area contributed by atoms with Crippen LogP contribution in [0.4, 0.5) is 4.39 Å². The lowest BCUT2D eigenvalue weighted by molar-refractivity contribution is 0.630. The second-order valence-electron chi connectivity index (χ2n) is 3.85. The average Bonchev–Trinajstić information content (AvgIpc) is 2.32. The van der Waals surface area contributed by atoms with Gasteiger partial charge in [-0.05, 0) is 42.4 Å². The van der Waals surface area contributed by atoms with Crippen LogP contribution in [0.3, 0.4) is 0 Å². The fourth-order valence-electron chi connectivity index (χ4n) is 1.76. The van der Waals surface area contributed by atoms with Gasteiger partial charge < -0.3 is 5.32 Å². The van der Waals surface area contributed by atoms with E-state index >= 15 is 0 Å². The highest BCUT2D eigenvalue weighted by Crippen LogP contribution is 2.26. The van der Waals surface area contributed by atoms with Crippen LogP contribution in [0.15, 0.2) is 46.9 Å². The molecule has 0 aliphatic rings. The lowest BCUT2D eigenvalue weighted by Crippen LogP contribution is -2.05. The van der Waals surface area contributed by atoms with Crippen molar-refractivity contribution in [3.05, 3.63) is 58.3 Å². The fourth-order valence-corrected chi connectivity index (χ4v) is 2.16. The zero-order valence-corrected chi connectivity index (χ0v) is 11.1. The van der Waals surface area contributed by atoms with Gasteiger partial charge in [-0.3, -0.25) is 0 Å². The molecular weight excluding hydrogens is 281 g/mol. The third kappa shape index (κ3) is 2.93. The van der Waals surface area contributed by atoms with Crippen LogP contribution in [0.5, 0.6) is 0 Å². The van der Waals surface area contributed by atoms with Gasteiger partial charge in [0.2, 0.25) is 0 Å². The number of hydrogen-bond donors (Lipinski definition) is 1. The summed E-state index contributed by atoms with van der Waals surface area (Å²) in [4.78, 5) is 0. The first-order valence-corrected chi connectivity index (χ1v) is 6.19. The molecule has 0 unspecified atom stereocenters. The van der Waals surface area contributed by atoms with E-state index in [0.29, 0.717) is 5.56 Å². The monoisotopic (exact) mass is 293 g/mol. The molecule has 0 aliphatic heterocycles. The van der Waals surface area contributed by atoms with E-state index < -0.39 is 0 Å². The van der Waals surface area contributed by atoms with Gasteiger partial charge in [0.05, 0.1) is 0 Å². The Morgan fingerprint density at radius 2 is 2.00 bits per heavy atom. The number of benzene rings is 2. The van der Waals surface area contributed by atoms with Gasteiger partial charge in [0.15, 0.2) is 0 Å². The molecule has 17 heavy (non-hydrogen) atoms. The molecule has 0 fully saturated rings. The molecule has 0 radical (unpaired) electrons. The van der Waals surface area contributed by atoms with Crippen molar-refractivity contribution in [2.75, 3.05) is 7.05 Å². The van der Waals surface area contributed by atoms with Gasteiger partial charge in [-0.2, -0.15) is 0 Å². The van der Waals surface area contributed by atoms with E-state index in [-0.39, 0.29) is 5.82 Å². The molecule has 0 aliphatic carbocycles. The highest BCUT2D eigenvalue weighted by atomic mass is 79.9. The lowest BCUT2D eigenvalue weighted by atomic mass is 10.0. The van der Waals surface area contributed by atoms with Gasteiger partial charge in [-0.15, -0.1) is 0 Å². The number of halogens is 2. The Balaban J connectivity index is 2.46. The van der Waals surface area contributed by atoms with Crippen LogP contribution in [0.1, 0.15) is 5.56 Å². The summed E-state index contributed by atoms with van der Waals surface area (Å²) in [5.74, 6) is -0.192. The smallest absolute Gasteiger partial charge is 0.131 e. The van der Waals surface area contributed by atoms with Crippen molar-refractivity contribution in [2.24, 2.45) is 0 Å². The maximum Gasteiger partial charge on any atom is 0.131 e. The normalized spacial score (nSPS) is 10.5. The Labute approximate surface area is 109 Å². The molecule has 1 N–H and O–H groups in total. The maximum atomic E-state index is 13.8. The van der Waals surface area contributed by atoms with E-state index in [1.54, 1.807) is 6.07 Å². The average molecular weight is 294 g/mol. The van der Waals surface area contributed by atoms with Gasteiger partial charge >= 0.3 is 0 Å². The van der Waals surface area contributed by atoms with Crippen molar-refractivity contribution in [2.45, 2.75) is 6.54 Å². The first-order chi connectivity index (χ1) is 8.20. The highest BCUT2D eigenvalue weighted by molar-refractivity contribution is 9.10. The summed E-state index contributed by atoms with van der Waals surface area (Å²) >= 11 is 3.40. The molecule has 1 nitrogen and oxygen atoms in total. The van der Waals surface area contributed by atoms with Crippen LogP contribution >= 0.6 is 15.9 Å². The topological polar surface area (TPSA) is 12.0 Å². The van der Waals surface area contributed by atoms with E-state index in [9.17, 15) is 4.39 Å². The predicted molar refractivity (Wildman–Crippen MR) is 72.3 cm³/mol. The Morgan fingerprint density at radius 1 is 1.18 bits per heavy atom. The zero-order valence-electron chi connectivity index (χ0n) is 9.50. The Morgan fingerprint density at radius 3 is 2.71 bits per heavy atom. The standard InChI is InChI=1S/C14H13BrFN/c1-17-9-10-5-6-14(16)13(7-10)11-3-2-4-12(15)8-11/h2-8,17H,9H2,1H3. The highest BCUT2D eigenvalue weighted by Gasteiger charge is 2.06. The second kappa shape index (κ2) is 5.43. The summed E-state index contributed by atoms with van der Waals surface area (Å²) in [6.45, 7) is 0.737. The SMILES string of the molecule is CNCc1ccc(F)c(-c2cccc(Br)c2)c1. The largest absolute Gasteiger partial charge is 0.316 e. The third-order valence-corrected chi connectivity index (χ3v) is 3.04. The van der Waals surface area contributed by atoms with E-state index in [1.165, 1.54) is 6.07 Å². The van der Waals surface area contributed by atoms with E-state index in [1.807, 2.05) is 37.4 Å². The minimum atomic E-state index is -0.192. The molecule has 0 saturated carbocycles. The molecule has 0 amide bonds.